The van der Waals surface area contributed by atoms with Crippen LogP contribution in [0.4, 0.5) is 0 Å². The quantitative estimate of drug-likeness (QED) is 0.815. The molecule has 1 amide bonds. The predicted molar refractivity (Wildman–Crippen MR) is 70.1 cm³/mol. The lowest BCUT2D eigenvalue weighted by Crippen LogP contribution is -2.49. The number of carbonyl (C=O) groups excluding carboxylic acids is 1. The molecule has 17 heavy (non-hydrogen) atoms. The second-order valence-electron chi connectivity index (χ2n) is 3.98. The first kappa shape index (κ1) is 12.4. The largest absolute Gasteiger partial charge is 0.354 e. The number of hydrogen-bond acceptors (Lipinski definition) is 4. The maximum absolute atomic E-state index is 11.8. The molecule has 4 nitrogen and oxygen atoms in total. The van der Waals surface area contributed by atoms with Gasteiger partial charge in [0.25, 0.3) is 0 Å². The summed E-state index contributed by atoms with van der Waals surface area (Å²) in [5, 5.41) is 6.19. The molecule has 1 aliphatic rings. The van der Waals surface area contributed by atoms with Gasteiger partial charge in [-0.3, -0.25) is 9.78 Å². The molecular formula is C12H17N3OS. The van der Waals surface area contributed by atoms with Crippen molar-refractivity contribution in [2.45, 2.75) is 12.5 Å². The Morgan fingerprint density at radius 1 is 1.53 bits per heavy atom. The van der Waals surface area contributed by atoms with Crippen LogP contribution >= 0.6 is 11.8 Å². The first-order valence-corrected chi connectivity index (χ1v) is 6.99. The van der Waals surface area contributed by atoms with Crippen LogP contribution in [0.3, 0.4) is 0 Å². The Hall–Kier alpha value is -1.07. The van der Waals surface area contributed by atoms with Gasteiger partial charge < -0.3 is 10.6 Å². The van der Waals surface area contributed by atoms with Gasteiger partial charge in [0.05, 0.1) is 6.04 Å². The zero-order chi connectivity index (χ0) is 11.9. The van der Waals surface area contributed by atoms with E-state index < -0.39 is 0 Å². The highest BCUT2D eigenvalue weighted by Crippen LogP contribution is 2.07. The average Bonchev–Trinajstić information content (AvgIpc) is 2.41. The highest BCUT2D eigenvalue weighted by atomic mass is 32.2. The summed E-state index contributed by atoms with van der Waals surface area (Å²) in [6.07, 6.45) is 4.40. The van der Waals surface area contributed by atoms with Gasteiger partial charge in [0.15, 0.2) is 0 Å². The van der Waals surface area contributed by atoms with Gasteiger partial charge in [-0.15, -0.1) is 0 Å². The van der Waals surface area contributed by atoms with Crippen molar-refractivity contribution in [3.8, 4) is 0 Å². The van der Waals surface area contributed by atoms with Crippen LogP contribution < -0.4 is 10.6 Å². The lowest BCUT2D eigenvalue weighted by Gasteiger charge is -2.22. The molecule has 0 bridgehead atoms. The highest BCUT2D eigenvalue weighted by molar-refractivity contribution is 7.99. The summed E-state index contributed by atoms with van der Waals surface area (Å²) < 4.78 is 0. The van der Waals surface area contributed by atoms with E-state index in [1.54, 1.807) is 12.4 Å². The molecule has 2 rings (SSSR count). The van der Waals surface area contributed by atoms with Crippen molar-refractivity contribution in [1.29, 1.82) is 0 Å². The SMILES string of the molecule is O=C(NCCc1ccncc1)C1CSCCN1. The molecular weight excluding hydrogens is 234 g/mol. The molecule has 0 radical (unpaired) electrons. The molecule has 2 heterocycles. The van der Waals surface area contributed by atoms with E-state index in [0.717, 1.165) is 24.5 Å². The molecule has 0 spiro atoms. The van der Waals surface area contributed by atoms with E-state index in [1.165, 1.54) is 5.56 Å². The zero-order valence-corrected chi connectivity index (χ0v) is 10.5. The van der Waals surface area contributed by atoms with Crippen LogP contribution in [0, 0.1) is 0 Å². The summed E-state index contributed by atoms with van der Waals surface area (Å²) in [4.78, 5) is 15.8. The minimum absolute atomic E-state index is 0.0220. The van der Waals surface area contributed by atoms with Crippen LogP contribution in [0.15, 0.2) is 24.5 Å². The molecule has 1 atom stereocenters. The van der Waals surface area contributed by atoms with Gasteiger partial charge >= 0.3 is 0 Å². The van der Waals surface area contributed by atoms with Crippen LogP contribution in [0.2, 0.25) is 0 Å². The number of hydrogen-bond donors (Lipinski definition) is 2. The summed E-state index contributed by atoms with van der Waals surface area (Å²) in [6, 6.07) is 3.92. The lowest BCUT2D eigenvalue weighted by molar-refractivity contribution is -0.122. The average molecular weight is 251 g/mol. The third-order valence-corrected chi connectivity index (χ3v) is 3.76. The molecule has 1 aromatic rings. The number of amides is 1. The van der Waals surface area contributed by atoms with Crippen molar-refractivity contribution in [2.75, 3.05) is 24.6 Å². The minimum atomic E-state index is -0.0220. The van der Waals surface area contributed by atoms with Gasteiger partial charge in [0.1, 0.15) is 0 Å². The summed E-state index contributed by atoms with van der Waals surface area (Å²) in [6.45, 7) is 1.61. The first-order chi connectivity index (χ1) is 8.36. The maximum Gasteiger partial charge on any atom is 0.238 e. The van der Waals surface area contributed by atoms with Crippen molar-refractivity contribution in [3.63, 3.8) is 0 Å². The number of pyridine rings is 1. The van der Waals surface area contributed by atoms with Crippen molar-refractivity contribution in [2.24, 2.45) is 0 Å². The molecule has 0 aliphatic carbocycles. The van der Waals surface area contributed by atoms with Crippen LogP contribution in [-0.4, -0.2) is 41.5 Å². The fourth-order valence-electron chi connectivity index (χ4n) is 1.74. The third kappa shape index (κ3) is 4.02. The van der Waals surface area contributed by atoms with Crippen molar-refractivity contribution >= 4 is 17.7 Å². The van der Waals surface area contributed by atoms with Gasteiger partial charge in [0.2, 0.25) is 5.91 Å². The van der Waals surface area contributed by atoms with E-state index >= 15 is 0 Å². The molecule has 1 aliphatic heterocycles. The Labute approximate surface area is 106 Å². The van der Waals surface area contributed by atoms with Crippen LogP contribution in [0.1, 0.15) is 5.56 Å². The standard InChI is InChI=1S/C12H17N3OS/c16-12(11-9-17-8-7-14-11)15-6-3-10-1-4-13-5-2-10/h1-2,4-5,11,14H,3,6-9H2,(H,15,16). The summed E-state index contributed by atoms with van der Waals surface area (Å²) in [7, 11) is 0. The predicted octanol–water partition coefficient (Wildman–Crippen LogP) is 0.445. The third-order valence-electron chi connectivity index (χ3n) is 2.70. The van der Waals surface area contributed by atoms with E-state index in [9.17, 15) is 4.79 Å². The number of aromatic nitrogens is 1. The fourth-order valence-corrected chi connectivity index (χ4v) is 2.67. The van der Waals surface area contributed by atoms with Gasteiger partial charge in [-0.1, -0.05) is 0 Å². The number of thioether (sulfide) groups is 1. The summed E-state index contributed by atoms with van der Waals surface area (Å²) in [5.41, 5.74) is 1.20. The van der Waals surface area contributed by atoms with Crippen molar-refractivity contribution in [3.05, 3.63) is 30.1 Å². The molecule has 92 valence electrons. The number of rotatable bonds is 4. The number of carbonyl (C=O) groups is 1. The Morgan fingerprint density at radius 3 is 3.06 bits per heavy atom. The Bertz CT molecular complexity index is 352. The smallest absolute Gasteiger partial charge is 0.238 e. The van der Waals surface area contributed by atoms with E-state index in [1.807, 2.05) is 23.9 Å². The number of nitrogens with zero attached hydrogens (tertiary/aromatic N) is 1. The number of nitrogens with one attached hydrogen (secondary N) is 2. The lowest BCUT2D eigenvalue weighted by atomic mass is 10.2. The Morgan fingerprint density at radius 2 is 2.35 bits per heavy atom. The van der Waals surface area contributed by atoms with Crippen molar-refractivity contribution < 1.29 is 4.79 Å². The fraction of sp³-hybridized carbons (Fsp3) is 0.500. The highest BCUT2D eigenvalue weighted by Gasteiger charge is 2.19. The van der Waals surface area contributed by atoms with E-state index in [4.69, 9.17) is 0 Å². The van der Waals surface area contributed by atoms with Crippen LogP contribution in [-0.2, 0) is 11.2 Å². The van der Waals surface area contributed by atoms with Crippen molar-refractivity contribution in [1.82, 2.24) is 15.6 Å². The van der Waals surface area contributed by atoms with Gasteiger partial charge in [-0.25, -0.2) is 0 Å². The molecule has 1 unspecified atom stereocenters. The molecule has 1 saturated heterocycles. The molecule has 2 N–H and O–H groups in total. The second-order valence-corrected chi connectivity index (χ2v) is 5.13. The summed E-state index contributed by atoms with van der Waals surface area (Å²) >= 11 is 1.83. The van der Waals surface area contributed by atoms with E-state index in [0.29, 0.717) is 6.54 Å². The van der Waals surface area contributed by atoms with E-state index in [-0.39, 0.29) is 11.9 Å². The second kappa shape index (κ2) is 6.61. The monoisotopic (exact) mass is 251 g/mol. The Kier molecular flexibility index (Phi) is 4.82. The normalized spacial score (nSPS) is 19.9. The van der Waals surface area contributed by atoms with Crippen LogP contribution in [0.25, 0.3) is 0 Å². The molecule has 5 heteroatoms. The summed E-state index contributed by atoms with van der Waals surface area (Å²) in [5.74, 6) is 2.09. The molecule has 0 saturated carbocycles. The van der Waals surface area contributed by atoms with Gasteiger partial charge in [-0.05, 0) is 24.1 Å². The maximum atomic E-state index is 11.8. The zero-order valence-electron chi connectivity index (χ0n) is 9.69. The molecule has 0 aromatic carbocycles. The van der Waals surface area contributed by atoms with Crippen LogP contribution in [0.5, 0.6) is 0 Å². The Balaban J connectivity index is 1.69. The van der Waals surface area contributed by atoms with Gasteiger partial charge in [-0.2, -0.15) is 11.8 Å². The molecule has 1 fully saturated rings. The first-order valence-electron chi connectivity index (χ1n) is 5.84. The topological polar surface area (TPSA) is 54.0 Å². The molecule has 1 aromatic heterocycles. The minimum Gasteiger partial charge on any atom is -0.354 e. The van der Waals surface area contributed by atoms with Gasteiger partial charge in [0, 0.05) is 37.0 Å². The van der Waals surface area contributed by atoms with E-state index in [2.05, 4.69) is 15.6 Å².